The van der Waals surface area contributed by atoms with E-state index in [1.54, 1.807) is 14.2 Å². The Morgan fingerprint density at radius 3 is 2.69 bits per heavy atom. The summed E-state index contributed by atoms with van der Waals surface area (Å²) in [6.45, 7) is 4.07. The summed E-state index contributed by atoms with van der Waals surface area (Å²) in [5.41, 5.74) is 2.31. The monoisotopic (exact) mass is 454 g/mol. The molecule has 2 amide bonds. The van der Waals surface area contributed by atoms with E-state index in [1.807, 2.05) is 36.1 Å². The molecule has 32 heavy (non-hydrogen) atoms. The van der Waals surface area contributed by atoms with Crippen LogP contribution in [0.5, 0.6) is 5.88 Å². The third kappa shape index (κ3) is 4.44. The van der Waals surface area contributed by atoms with E-state index in [0.29, 0.717) is 33.5 Å². The van der Waals surface area contributed by atoms with E-state index in [2.05, 4.69) is 15.3 Å². The number of aryl methyl sites for hydroxylation is 1. The number of aromatic nitrogens is 2. The Balaban J connectivity index is 1.51. The molecule has 0 unspecified atom stereocenters. The van der Waals surface area contributed by atoms with Gasteiger partial charge in [0.05, 0.1) is 17.4 Å². The van der Waals surface area contributed by atoms with Gasteiger partial charge < -0.3 is 19.7 Å². The maximum Gasteiger partial charge on any atom is 0.261 e. The first-order valence-corrected chi connectivity index (χ1v) is 11.3. The van der Waals surface area contributed by atoms with Crippen LogP contribution in [0.25, 0.3) is 10.2 Å². The largest absolute Gasteiger partial charge is 0.480 e. The highest BCUT2D eigenvalue weighted by Crippen LogP contribution is 2.35. The molecule has 0 aliphatic carbocycles. The van der Waals surface area contributed by atoms with Crippen molar-refractivity contribution in [1.29, 1.82) is 0 Å². The van der Waals surface area contributed by atoms with Crippen LogP contribution in [0.3, 0.4) is 0 Å². The first-order valence-electron chi connectivity index (χ1n) is 10.5. The third-order valence-corrected chi connectivity index (χ3v) is 6.68. The normalized spacial score (nSPS) is 13.5. The van der Waals surface area contributed by atoms with Gasteiger partial charge in [0.25, 0.3) is 11.8 Å². The molecule has 0 bridgehead atoms. The van der Waals surface area contributed by atoms with Crippen LogP contribution >= 0.6 is 11.3 Å². The Kier molecular flexibility index (Phi) is 6.66. The Hall–Kier alpha value is -3.04. The minimum atomic E-state index is -0.197. The zero-order valence-electron chi connectivity index (χ0n) is 18.4. The van der Waals surface area contributed by atoms with Crippen LogP contribution in [-0.2, 0) is 17.9 Å². The Bertz CT molecular complexity index is 1150. The van der Waals surface area contributed by atoms with Gasteiger partial charge in [-0.3, -0.25) is 9.59 Å². The van der Waals surface area contributed by atoms with Gasteiger partial charge >= 0.3 is 0 Å². The van der Waals surface area contributed by atoms with E-state index in [4.69, 9.17) is 9.47 Å². The molecule has 0 radical (unpaired) electrons. The first kappa shape index (κ1) is 22.2. The van der Waals surface area contributed by atoms with Gasteiger partial charge in [-0.25, -0.2) is 4.98 Å². The number of nitrogens with one attached hydrogen (secondary N) is 1. The molecule has 1 aromatic carbocycles. The maximum absolute atomic E-state index is 13.0. The fourth-order valence-electron chi connectivity index (χ4n) is 3.88. The smallest absolute Gasteiger partial charge is 0.261 e. The van der Waals surface area contributed by atoms with Gasteiger partial charge in [0, 0.05) is 32.3 Å². The molecule has 4 rings (SSSR count). The van der Waals surface area contributed by atoms with E-state index >= 15 is 0 Å². The number of benzene rings is 1. The van der Waals surface area contributed by atoms with E-state index in [-0.39, 0.29) is 18.4 Å². The van der Waals surface area contributed by atoms with Gasteiger partial charge in [-0.15, -0.1) is 11.3 Å². The molecule has 0 atom stereocenters. The molecule has 1 aliphatic rings. The lowest BCUT2D eigenvalue weighted by atomic mass is 10.1. The summed E-state index contributed by atoms with van der Waals surface area (Å²) in [4.78, 5) is 37.6. The summed E-state index contributed by atoms with van der Waals surface area (Å²) >= 11 is 1.30. The van der Waals surface area contributed by atoms with Crippen molar-refractivity contribution in [2.24, 2.45) is 0 Å². The molecule has 3 aromatic rings. The number of hydrogen-bond donors (Lipinski definition) is 1. The fourth-order valence-corrected chi connectivity index (χ4v) is 4.99. The predicted octanol–water partition coefficient (Wildman–Crippen LogP) is 3.32. The second-order valence-corrected chi connectivity index (χ2v) is 8.70. The number of amides is 2. The van der Waals surface area contributed by atoms with Crippen molar-refractivity contribution in [2.75, 3.05) is 27.3 Å². The Labute approximate surface area is 190 Å². The van der Waals surface area contributed by atoms with Crippen molar-refractivity contribution >= 4 is 33.4 Å². The van der Waals surface area contributed by atoms with Crippen LogP contribution in [-0.4, -0.2) is 54.0 Å². The first-order chi connectivity index (χ1) is 15.5. The molecule has 1 saturated heterocycles. The van der Waals surface area contributed by atoms with Crippen molar-refractivity contribution in [3.05, 3.63) is 51.7 Å². The summed E-state index contributed by atoms with van der Waals surface area (Å²) in [6, 6.07) is 7.44. The van der Waals surface area contributed by atoms with Crippen molar-refractivity contribution in [3.8, 4) is 5.88 Å². The highest BCUT2D eigenvalue weighted by molar-refractivity contribution is 7.20. The second kappa shape index (κ2) is 9.62. The molecular formula is C23H26N4O4S. The van der Waals surface area contributed by atoms with E-state index in [9.17, 15) is 9.59 Å². The van der Waals surface area contributed by atoms with Crippen LogP contribution in [0.4, 0.5) is 0 Å². The fraction of sp³-hybridized carbons (Fsp3) is 0.391. The van der Waals surface area contributed by atoms with Gasteiger partial charge in [-0.1, -0.05) is 12.1 Å². The lowest BCUT2D eigenvalue weighted by molar-refractivity contribution is 0.0792. The highest BCUT2D eigenvalue weighted by Gasteiger charge is 2.22. The molecule has 168 valence electrons. The molecule has 1 aliphatic heterocycles. The van der Waals surface area contributed by atoms with E-state index in [1.165, 1.54) is 11.3 Å². The van der Waals surface area contributed by atoms with Crippen LogP contribution in [0.15, 0.2) is 24.3 Å². The minimum absolute atomic E-state index is 0.0496. The number of thiophene rings is 1. The summed E-state index contributed by atoms with van der Waals surface area (Å²) in [5.74, 6) is 0.790. The zero-order valence-corrected chi connectivity index (χ0v) is 19.3. The number of carbonyl (C=O) groups is 2. The SMILES string of the molecule is COCc1nc(OC)c2c(C)c(C(=O)NCc3cccc(C(=O)N4CCCC4)c3)sc2n1. The van der Waals surface area contributed by atoms with Crippen molar-refractivity contribution < 1.29 is 19.1 Å². The lowest BCUT2D eigenvalue weighted by Crippen LogP contribution is -2.28. The zero-order chi connectivity index (χ0) is 22.7. The number of hydrogen-bond acceptors (Lipinski definition) is 7. The molecule has 3 heterocycles. The van der Waals surface area contributed by atoms with Crippen molar-refractivity contribution in [3.63, 3.8) is 0 Å². The highest BCUT2D eigenvalue weighted by atomic mass is 32.1. The number of likely N-dealkylation sites (tertiary alicyclic amines) is 1. The summed E-state index contributed by atoms with van der Waals surface area (Å²) in [6.07, 6.45) is 2.11. The maximum atomic E-state index is 13.0. The van der Waals surface area contributed by atoms with Crippen LogP contribution in [0, 0.1) is 6.92 Å². The van der Waals surface area contributed by atoms with Gasteiger partial charge in [0.1, 0.15) is 11.4 Å². The minimum Gasteiger partial charge on any atom is -0.480 e. The van der Waals surface area contributed by atoms with Gasteiger partial charge in [-0.05, 0) is 43.0 Å². The Morgan fingerprint density at radius 2 is 1.97 bits per heavy atom. The lowest BCUT2D eigenvalue weighted by Gasteiger charge is -2.15. The molecule has 1 fully saturated rings. The van der Waals surface area contributed by atoms with E-state index in [0.717, 1.165) is 42.4 Å². The number of methoxy groups -OCH3 is 2. The van der Waals surface area contributed by atoms with E-state index < -0.39 is 0 Å². The van der Waals surface area contributed by atoms with Gasteiger partial charge in [0.15, 0.2) is 5.82 Å². The topological polar surface area (TPSA) is 93.7 Å². The summed E-state index contributed by atoms with van der Waals surface area (Å²) in [7, 11) is 3.12. The molecule has 2 aromatic heterocycles. The average molecular weight is 455 g/mol. The molecule has 1 N–H and O–H groups in total. The molecule has 0 spiro atoms. The summed E-state index contributed by atoms with van der Waals surface area (Å²) in [5, 5.41) is 3.70. The third-order valence-electron chi connectivity index (χ3n) is 5.50. The quantitative estimate of drug-likeness (QED) is 0.589. The predicted molar refractivity (Wildman–Crippen MR) is 122 cm³/mol. The number of nitrogens with zero attached hydrogens (tertiary/aromatic N) is 3. The average Bonchev–Trinajstić information content (AvgIpc) is 3.45. The van der Waals surface area contributed by atoms with Crippen molar-refractivity contribution in [1.82, 2.24) is 20.2 Å². The number of fused-ring (bicyclic) bond motifs is 1. The van der Waals surface area contributed by atoms with Gasteiger partial charge in [-0.2, -0.15) is 4.98 Å². The molecular weight excluding hydrogens is 428 g/mol. The van der Waals surface area contributed by atoms with Crippen LogP contribution in [0.1, 0.15) is 49.8 Å². The standard InChI is InChI=1S/C23H26N4O4S/c1-14-18-21(31-3)25-17(13-30-2)26-22(18)32-19(14)20(28)24-12-15-7-6-8-16(11-15)23(29)27-9-4-5-10-27/h6-8,11H,4-5,9-10,12-13H2,1-3H3,(H,24,28). The van der Waals surface area contributed by atoms with Crippen LogP contribution in [0.2, 0.25) is 0 Å². The van der Waals surface area contributed by atoms with Crippen LogP contribution < -0.4 is 10.1 Å². The second-order valence-electron chi connectivity index (χ2n) is 7.70. The number of rotatable bonds is 7. The molecule has 9 heteroatoms. The molecule has 0 saturated carbocycles. The number of ether oxygens (including phenoxy) is 2. The summed E-state index contributed by atoms with van der Waals surface area (Å²) < 4.78 is 10.6. The number of carbonyl (C=O) groups excluding carboxylic acids is 2. The molecule has 8 nitrogen and oxygen atoms in total. The van der Waals surface area contributed by atoms with Gasteiger partial charge in [0.2, 0.25) is 5.88 Å². The van der Waals surface area contributed by atoms with Crippen molar-refractivity contribution in [2.45, 2.75) is 32.9 Å². The Morgan fingerprint density at radius 1 is 1.19 bits per heavy atom.